The van der Waals surface area contributed by atoms with Crippen molar-refractivity contribution in [2.45, 2.75) is 39.7 Å². The van der Waals surface area contributed by atoms with E-state index in [-0.39, 0.29) is 24.1 Å². The molecule has 0 unspecified atom stereocenters. The van der Waals surface area contributed by atoms with Gasteiger partial charge < -0.3 is 10.2 Å². The molecule has 0 fully saturated rings. The zero-order chi connectivity index (χ0) is 12.8. The number of aliphatic hydroxyl groups excluding tert-OH is 1. The predicted octanol–water partition coefficient (Wildman–Crippen LogP) is 2.43. The Morgan fingerprint density at radius 3 is 2.65 bits per heavy atom. The number of aliphatic hydroxyl groups is 1. The molecule has 0 bridgehead atoms. The molecule has 0 amide bonds. The molecule has 0 radical (unpaired) electrons. The second kappa shape index (κ2) is 6.40. The van der Waals surface area contributed by atoms with E-state index in [2.05, 4.69) is 0 Å². The highest BCUT2D eigenvalue weighted by atomic mass is 16.3. The normalized spacial score (nSPS) is 10.8. The number of Topliss-reactive ketones (excluding diaryl/α,β-unsaturated/α-hetero) is 1. The molecule has 0 spiro atoms. The smallest absolute Gasteiger partial charge is 0.135 e. The van der Waals surface area contributed by atoms with E-state index in [0.717, 1.165) is 18.4 Å². The number of phenols is 1. The summed E-state index contributed by atoms with van der Waals surface area (Å²) in [5.74, 6) is 0.503. The third kappa shape index (κ3) is 4.19. The van der Waals surface area contributed by atoms with Gasteiger partial charge in [0.25, 0.3) is 0 Å². The summed E-state index contributed by atoms with van der Waals surface area (Å²) in [5, 5.41) is 18.4. The lowest BCUT2D eigenvalue weighted by Gasteiger charge is -2.06. The number of carbonyl (C=O) groups excluding carboxylic acids is 1. The maximum atomic E-state index is 11.4. The first-order valence-electron chi connectivity index (χ1n) is 5.99. The van der Waals surface area contributed by atoms with Gasteiger partial charge >= 0.3 is 0 Å². The van der Waals surface area contributed by atoms with Crippen molar-refractivity contribution in [3.05, 3.63) is 29.3 Å². The molecule has 1 aromatic carbocycles. The Labute approximate surface area is 102 Å². The molecule has 0 saturated carbocycles. The Kier molecular flexibility index (Phi) is 5.16. The molecule has 0 saturated heterocycles. The van der Waals surface area contributed by atoms with E-state index in [1.165, 1.54) is 0 Å². The maximum Gasteiger partial charge on any atom is 0.135 e. The van der Waals surface area contributed by atoms with Crippen LogP contribution in [0.15, 0.2) is 18.2 Å². The number of aryl methyl sites for hydroxylation is 1. The highest BCUT2D eigenvalue weighted by Crippen LogP contribution is 2.19. The number of hydrogen-bond donors (Lipinski definition) is 2. The topological polar surface area (TPSA) is 57.5 Å². The van der Waals surface area contributed by atoms with E-state index in [1.807, 2.05) is 19.9 Å². The van der Waals surface area contributed by atoms with Gasteiger partial charge in [-0.1, -0.05) is 19.9 Å². The SMILES string of the molecule is CC(C)C(=O)CCCc1ccc(O)c(CO)c1. The summed E-state index contributed by atoms with van der Waals surface area (Å²) >= 11 is 0. The minimum absolute atomic E-state index is 0.0998. The minimum atomic E-state index is -0.162. The van der Waals surface area contributed by atoms with Gasteiger partial charge in [0.05, 0.1) is 6.61 Å². The lowest BCUT2D eigenvalue weighted by Crippen LogP contribution is -2.06. The van der Waals surface area contributed by atoms with Gasteiger partial charge in [-0.25, -0.2) is 0 Å². The molecule has 17 heavy (non-hydrogen) atoms. The van der Waals surface area contributed by atoms with Crippen LogP contribution in [0.4, 0.5) is 0 Å². The average Bonchev–Trinajstić information content (AvgIpc) is 2.31. The number of rotatable bonds is 6. The third-order valence-corrected chi connectivity index (χ3v) is 2.85. The zero-order valence-corrected chi connectivity index (χ0v) is 10.4. The highest BCUT2D eigenvalue weighted by Gasteiger charge is 2.07. The molecule has 0 aliphatic heterocycles. The van der Waals surface area contributed by atoms with Crippen molar-refractivity contribution >= 4 is 5.78 Å². The minimum Gasteiger partial charge on any atom is -0.508 e. The summed E-state index contributed by atoms with van der Waals surface area (Å²) < 4.78 is 0. The van der Waals surface area contributed by atoms with Crippen LogP contribution in [0.3, 0.4) is 0 Å². The standard InChI is InChI=1S/C14H20O3/c1-10(2)13(16)5-3-4-11-6-7-14(17)12(8-11)9-15/h6-8,10,15,17H,3-5,9H2,1-2H3. The van der Waals surface area contributed by atoms with Gasteiger partial charge in [-0.15, -0.1) is 0 Å². The summed E-state index contributed by atoms with van der Waals surface area (Å²) in [6, 6.07) is 5.20. The summed E-state index contributed by atoms with van der Waals surface area (Å²) in [6.07, 6.45) is 2.20. The van der Waals surface area contributed by atoms with Crippen molar-refractivity contribution in [2.24, 2.45) is 5.92 Å². The highest BCUT2D eigenvalue weighted by molar-refractivity contribution is 5.80. The summed E-state index contributed by atoms with van der Waals surface area (Å²) in [5.41, 5.74) is 1.58. The van der Waals surface area contributed by atoms with Gasteiger partial charge in [0.1, 0.15) is 11.5 Å². The van der Waals surface area contributed by atoms with Crippen molar-refractivity contribution in [3.8, 4) is 5.75 Å². The fraction of sp³-hybridized carbons (Fsp3) is 0.500. The van der Waals surface area contributed by atoms with Gasteiger partial charge in [0, 0.05) is 17.9 Å². The second-order valence-corrected chi connectivity index (χ2v) is 4.60. The second-order valence-electron chi connectivity index (χ2n) is 4.60. The van der Waals surface area contributed by atoms with Crippen molar-refractivity contribution < 1.29 is 15.0 Å². The Morgan fingerprint density at radius 2 is 2.06 bits per heavy atom. The van der Waals surface area contributed by atoms with Crippen molar-refractivity contribution in [2.75, 3.05) is 0 Å². The van der Waals surface area contributed by atoms with Crippen LogP contribution >= 0.6 is 0 Å². The monoisotopic (exact) mass is 236 g/mol. The summed E-state index contributed by atoms with van der Waals surface area (Å²) in [6.45, 7) is 3.66. The summed E-state index contributed by atoms with van der Waals surface area (Å²) in [7, 11) is 0. The van der Waals surface area contributed by atoms with Crippen molar-refractivity contribution in [3.63, 3.8) is 0 Å². The Hall–Kier alpha value is -1.35. The molecule has 2 N–H and O–H groups in total. The van der Waals surface area contributed by atoms with E-state index in [0.29, 0.717) is 12.0 Å². The van der Waals surface area contributed by atoms with Gasteiger partial charge in [-0.3, -0.25) is 4.79 Å². The molecule has 94 valence electrons. The first-order valence-corrected chi connectivity index (χ1v) is 5.99. The van der Waals surface area contributed by atoms with E-state index in [9.17, 15) is 9.90 Å². The molecule has 0 aromatic heterocycles. The lowest BCUT2D eigenvalue weighted by atomic mass is 10.00. The van der Waals surface area contributed by atoms with Crippen LogP contribution in [0.2, 0.25) is 0 Å². The molecule has 1 rings (SSSR count). The van der Waals surface area contributed by atoms with E-state index < -0.39 is 0 Å². The molecule has 3 heteroatoms. The Bertz CT molecular complexity index is 383. The third-order valence-electron chi connectivity index (χ3n) is 2.85. The van der Waals surface area contributed by atoms with Crippen LogP contribution in [0.1, 0.15) is 37.8 Å². The average molecular weight is 236 g/mol. The fourth-order valence-electron chi connectivity index (χ4n) is 1.68. The quantitative estimate of drug-likeness (QED) is 0.797. The number of hydrogen-bond acceptors (Lipinski definition) is 3. The number of carbonyl (C=O) groups is 1. The number of ketones is 1. The van der Waals surface area contributed by atoms with Crippen LogP contribution < -0.4 is 0 Å². The van der Waals surface area contributed by atoms with Crippen LogP contribution in [0.25, 0.3) is 0 Å². The van der Waals surface area contributed by atoms with Crippen molar-refractivity contribution in [1.29, 1.82) is 0 Å². The first-order chi connectivity index (χ1) is 8.04. The van der Waals surface area contributed by atoms with Crippen LogP contribution in [-0.4, -0.2) is 16.0 Å². The van der Waals surface area contributed by atoms with E-state index in [1.54, 1.807) is 12.1 Å². The Morgan fingerprint density at radius 1 is 1.35 bits per heavy atom. The number of benzene rings is 1. The van der Waals surface area contributed by atoms with Crippen LogP contribution in [-0.2, 0) is 17.8 Å². The molecular formula is C14H20O3. The van der Waals surface area contributed by atoms with E-state index >= 15 is 0 Å². The van der Waals surface area contributed by atoms with Gasteiger partial charge in [-0.05, 0) is 30.5 Å². The molecule has 1 aromatic rings. The van der Waals surface area contributed by atoms with E-state index in [4.69, 9.17) is 5.11 Å². The zero-order valence-electron chi connectivity index (χ0n) is 10.4. The fourth-order valence-corrected chi connectivity index (χ4v) is 1.68. The van der Waals surface area contributed by atoms with Crippen LogP contribution in [0.5, 0.6) is 5.75 Å². The summed E-state index contributed by atoms with van der Waals surface area (Å²) in [4.78, 5) is 11.4. The Balaban J connectivity index is 2.50. The molecule has 0 heterocycles. The molecule has 0 atom stereocenters. The van der Waals surface area contributed by atoms with Crippen LogP contribution in [0, 0.1) is 5.92 Å². The molecular weight excluding hydrogens is 216 g/mol. The molecule has 0 aliphatic carbocycles. The first kappa shape index (κ1) is 13.7. The predicted molar refractivity (Wildman–Crippen MR) is 66.8 cm³/mol. The number of aromatic hydroxyl groups is 1. The largest absolute Gasteiger partial charge is 0.508 e. The van der Waals surface area contributed by atoms with Gasteiger partial charge in [0.2, 0.25) is 0 Å². The maximum absolute atomic E-state index is 11.4. The van der Waals surface area contributed by atoms with Gasteiger partial charge in [-0.2, -0.15) is 0 Å². The molecule has 3 nitrogen and oxygen atoms in total. The van der Waals surface area contributed by atoms with Gasteiger partial charge in [0.15, 0.2) is 0 Å². The van der Waals surface area contributed by atoms with Crippen molar-refractivity contribution in [1.82, 2.24) is 0 Å². The molecule has 0 aliphatic rings. The lowest BCUT2D eigenvalue weighted by molar-refractivity contribution is -0.121.